The fraction of sp³-hybridized carbons (Fsp3) is 0.409. The molecule has 0 radical (unpaired) electrons. The molecule has 1 atom stereocenters. The van der Waals surface area contributed by atoms with E-state index in [9.17, 15) is 13.2 Å². The fourth-order valence-electron chi connectivity index (χ4n) is 3.54. The normalized spacial score (nSPS) is 17.2. The maximum atomic E-state index is 12.6. The lowest BCUT2D eigenvalue weighted by Gasteiger charge is -2.31. The van der Waals surface area contributed by atoms with E-state index in [1.807, 2.05) is 68.4 Å². The molecule has 150 valence electrons. The number of aryl methyl sites for hydroxylation is 1. The minimum Gasteiger partial charge on any atom is -0.349 e. The summed E-state index contributed by atoms with van der Waals surface area (Å²) in [7, 11) is -3.35. The van der Waals surface area contributed by atoms with Crippen LogP contribution in [0.5, 0.6) is 0 Å². The van der Waals surface area contributed by atoms with Crippen LogP contribution in [-0.2, 0) is 20.6 Å². The Morgan fingerprint density at radius 3 is 2.29 bits per heavy atom. The highest BCUT2D eigenvalue weighted by atomic mass is 32.2. The molecule has 0 saturated carbocycles. The highest BCUT2D eigenvalue weighted by molar-refractivity contribution is 7.88. The fourth-order valence-corrected chi connectivity index (χ4v) is 5.11. The number of sulfonamides is 1. The molecule has 1 aliphatic rings. The predicted octanol–water partition coefficient (Wildman–Crippen LogP) is 3.41. The number of nitrogens with one attached hydrogen (secondary N) is 1. The highest BCUT2D eigenvalue weighted by Gasteiger charge is 2.31. The zero-order valence-corrected chi connectivity index (χ0v) is 17.3. The molecule has 1 heterocycles. The van der Waals surface area contributed by atoms with Crippen LogP contribution in [0.4, 0.5) is 0 Å². The first-order valence-electron chi connectivity index (χ1n) is 9.74. The number of carbonyl (C=O) groups is 1. The van der Waals surface area contributed by atoms with Gasteiger partial charge in [-0.2, -0.15) is 0 Å². The molecule has 28 heavy (non-hydrogen) atoms. The maximum absolute atomic E-state index is 12.6. The SMILES string of the molecule is Cc1ccc(C(C)NC(=O)C2CCN(S(=O)(=O)Cc3ccccc3)CC2)cc1. The quantitative estimate of drug-likeness (QED) is 0.808. The van der Waals surface area contributed by atoms with Crippen LogP contribution in [0.25, 0.3) is 0 Å². The molecular weight excluding hydrogens is 372 g/mol. The largest absolute Gasteiger partial charge is 0.349 e. The van der Waals surface area contributed by atoms with Crippen molar-refractivity contribution in [2.75, 3.05) is 13.1 Å². The third-order valence-electron chi connectivity index (χ3n) is 5.35. The van der Waals surface area contributed by atoms with Gasteiger partial charge in [0.15, 0.2) is 0 Å². The number of piperidine rings is 1. The van der Waals surface area contributed by atoms with Crippen LogP contribution in [0.1, 0.15) is 42.5 Å². The summed E-state index contributed by atoms with van der Waals surface area (Å²) in [6, 6.07) is 17.3. The minimum absolute atomic E-state index is 0.00758. The van der Waals surface area contributed by atoms with Crippen molar-refractivity contribution in [1.82, 2.24) is 9.62 Å². The zero-order chi connectivity index (χ0) is 20.1. The molecular formula is C22H28N2O3S. The van der Waals surface area contributed by atoms with Crippen molar-refractivity contribution >= 4 is 15.9 Å². The zero-order valence-electron chi connectivity index (χ0n) is 16.5. The van der Waals surface area contributed by atoms with E-state index in [2.05, 4.69) is 5.32 Å². The molecule has 1 N–H and O–H groups in total. The third-order valence-corrected chi connectivity index (χ3v) is 7.20. The van der Waals surface area contributed by atoms with Gasteiger partial charge in [0.1, 0.15) is 0 Å². The van der Waals surface area contributed by atoms with E-state index in [4.69, 9.17) is 0 Å². The van der Waals surface area contributed by atoms with Gasteiger partial charge in [-0.05, 0) is 37.8 Å². The number of benzene rings is 2. The van der Waals surface area contributed by atoms with Gasteiger partial charge in [-0.1, -0.05) is 60.2 Å². The number of nitrogens with zero attached hydrogens (tertiary/aromatic N) is 1. The summed E-state index contributed by atoms with van der Waals surface area (Å²) in [6.07, 6.45) is 1.11. The lowest BCUT2D eigenvalue weighted by atomic mass is 9.96. The van der Waals surface area contributed by atoms with Crippen LogP contribution in [0, 0.1) is 12.8 Å². The summed E-state index contributed by atoms with van der Waals surface area (Å²) in [5, 5.41) is 3.07. The van der Waals surface area contributed by atoms with E-state index in [0.29, 0.717) is 25.9 Å². The van der Waals surface area contributed by atoms with Gasteiger partial charge in [-0.15, -0.1) is 0 Å². The summed E-state index contributed by atoms with van der Waals surface area (Å²) < 4.78 is 26.8. The third kappa shape index (κ3) is 5.20. The first kappa shape index (κ1) is 20.6. The van der Waals surface area contributed by atoms with Gasteiger partial charge in [0.05, 0.1) is 11.8 Å². The molecule has 0 aliphatic carbocycles. The average molecular weight is 401 g/mol. The molecule has 1 fully saturated rings. The number of carbonyl (C=O) groups excluding carboxylic acids is 1. The van der Waals surface area contributed by atoms with Crippen molar-refractivity contribution in [3.63, 3.8) is 0 Å². The van der Waals surface area contributed by atoms with Crippen LogP contribution in [-0.4, -0.2) is 31.7 Å². The second-order valence-electron chi connectivity index (χ2n) is 7.56. The van der Waals surface area contributed by atoms with Crippen LogP contribution < -0.4 is 5.32 Å². The predicted molar refractivity (Wildman–Crippen MR) is 111 cm³/mol. The van der Waals surface area contributed by atoms with Gasteiger partial charge in [0.2, 0.25) is 15.9 Å². The highest BCUT2D eigenvalue weighted by Crippen LogP contribution is 2.23. The van der Waals surface area contributed by atoms with E-state index in [1.165, 1.54) is 9.87 Å². The van der Waals surface area contributed by atoms with Gasteiger partial charge in [-0.25, -0.2) is 12.7 Å². The summed E-state index contributed by atoms with van der Waals surface area (Å²) in [6.45, 7) is 4.80. The van der Waals surface area contributed by atoms with E-state index in [-0.39, 0.29) is 23.6 Å². The first-order valence-corrected chi connectivity index (χ1v) is 11.3. The summed E-state index contributed by atoms with van der Waals surface area (Å²) >= 11 is 0. The number of amides is 1. The van der Waals surface area contributed by atoms with Crippen molar-refractivity contribution in [2.45, 2.75) is 38.5 Å². The Morgan fingerprint density at radius 2 is 1.68 bits per heavy atom. The maximum Gasteiger partial charge on any atom is 0.223 e. The van der Waals surface area contributed by atoms with Crippen molar-refractivity contribution in [3.8, 4) is 0 Å². The molecule has 0 aromatic heterocycles. The van der Waals surface area contributed by atoms with Crippen LogP contribution in [0.2, 0.25) is 0 Å². The molecule has 3 rings (SSSR count). The molecule has 6 heteroatoms. The second-order valence-corrected chi connectivity index (χ2v) is 9.53. The molecule has 1 amide bonds. The first-order chi connectivity index (χ1) is 13.3. The molecule has 1 unspecified atom stereocenters. The lowest BCUT2D eigenvalue weighted by Crippen LogP contribution is -2.43. The van der Waals surface area contributed by atoms with Crippen molar-refractivity contribution in [2.24, 2.45) is 5.92 Å². The molecule has 1 saturated heterocycles. The van der Waals surface area contributed by atoms with E-state index in [0.717, 1.165) is 11.1 Å². The monoisotopic (exact) mass is 400 g/mol. The van der Waals surface area contributed by atoms with Crippen molar-refractivity contribution in [3.05, 3.63) is 71.3 Å². The standard InChI is InChI=1S/C22H28N2O3S/c1-17-8-10-20(11-9-17)18(2)23-22(25)21-12-14-24(15-13-21)28(26,27)16-19-6-4-3-5-7-19/h3-11,18,21H,12-16H2,1-2H3,(H,23,25). The molecule has 1 aliphatic heterocycles. The van der Waals surface area contributed by atoms with Gasteiger partial charge < -0.3 is 5.32 Å². The van der Waals surface area contributed by atoms with Crippen molar-refractivity contribution < 1.29 is 13.2 Å². The molecule has 5 nitrogen and oxygen atoms in total. The smallest absolute Gasteiger partial charge is 0.223 e. The molecule has 2 aromatic carbocycles. The molecule has 2 aromatic rings. The van der Waals surface area contributed by atoms with Crippen molar-refractivity contribution in [1.29, 1.82) is 0 Å². The Balaban J connectivity index is 1.53. The number of hydrogen-bond acceptors (Lipinski definition) is 3. The summed E-state index contributed by atoms with van der Waals surface area (Å²) in [5.41, 5.74) is 3.04. The van der Waals surface area contributed by atoms with E-state index >= 15 is 0 Å². The van der Waals surface area contributed by atoms with E-state index < -0.39 is 10.0 Å². The second kappa shape index (κ2) is 8.88. The topological polar surface area (TPSA) is 66.5 Å². The van der Waals surface area contributed by atoms with Gasteiger partial charge in [0.25, 0.3) is 0 Å². The Labute approximate surface area is 167 Å². The van der Waals surface area contributed by atoms with E-state index in [1.54, 1.807) is 0 Å². The van der Waals surface area contributed by atoms with Gasteiger partial charge >= 0.3 is 0 Å². The summed E-state index contributed by atoms with van der Waals surface area (Å²) in [5.74, 6) is -0.126. The number of hydrogen-bond donors (Lipinski definition) is 1. The number of rotatable bonds is 6. The van der Waals surface area contributed by atoms with Gasteiger partial charge in [0, 0.05) is 19.0 Å². The average Bonchev–Trinajstić information content (AvgIpc) is 2.69. The molecule has 0 spiro atoms. The lowest BCUT2D eigenvalue weighted by molar-refractivity contribution is -0.126. The Morgan fingerprint density at radius 1 is 1.07 bits per heavy atom. The van der Waals surface area contributed by atoms with Crippen LogP contribution in [0.15, 0.2) is 54.6 Å². The van der Waals surface area contributed by atoms with Gasteiger partial charge in [-0.3, -0.25) is 4.79 Å². The Bertz CT molecular complexity index is 887. The van der Waals surface area contributed by atoms with Crippen LogP contribution >= 0.6 is 0 Å². The Hall–Kier alpha value is -2.18. The minimum atomic E-state index is -3.35. The van der Waals surface area contributed by atoms with Crippen LogP contribution in [0.3, 0.4) is 0 Å². The molecule has 0 bridgehead atoms. The Kier molecular flexibility index (Phi) is 6.52. The summed E-state index contributed by atoms with van der Waals surface area (Å²) in [4.78, 5) is 12.6.